The second-order valence-corrected chi connectivity index (χ2v) is 6.15. The van der Waals surface area contributed by atoms with Gasteiger partial charge >= 0.3 is 6.03 Å². The Kier molecular flexibility index (Phi) is 3.91. The van der Waals surface area contributed by atoms with Gasteiger partial charge in [0, 0.05) is 5.56 Å². The quantitative estimate of drug-likeness (QED) is 0.688. The number of carbonyl (C=O) groups is 2. The van der Waals surface area contributed by atoms with E-state index < -0.39 is 17.5 Å². The molecule has 3 aromatic rings. The second kappa shape index (κ2) is 6.27. The summed E-state index contributed by atoms with van der Waals surface area (Å²) in [5.41, 5.74) is -0.563. The lowest BCUT2D eigenvalue weighted by atomic mass is 9.99. The van der Waals surface area contributed by atoms with Gasteiger partial charge in [-0.1, -0.05) is 0 Å². The van der Waals surface area contributed by atoms with Crippen LogP contribution in [0.1, 0.15) is 18.6 Å². The van der Waals surface area contributed by atoms with Crippen LogP contribution in [0.2, 0.25) is 0 Å². The second-order valence-electron chi connectivity index (χ2n) is 6.15. The average molecular weight is 368 g/mol. The first-order valence-electron chi connectivity index (χ1n) is 8.16. The van der Waals surface area contributed by atoms with E-state index in [1.165, 1.54) is 6.26 Å². The molecule has 0 unspecified atom stereocenters. The molecule has 1 N–H and O–H groups in total. The summed E-state index contributed by atoms with van der Waals surface area (Å²) in [6.07, 6.45) is 1.45. The third-order valence-corrected chi connectivity index (χ3v) is 4.39. The molecule has 0 saturated carbocycles. The van der Waals surface area contributed by atoms with E-state index in [-0.39, 0.29) is 18.3 Å². The summed E-state index contributed by atoms with van der Waals surface area (Å²) in [6, 6.07) is 9.83. The molecule has 1 aliphatic rings. The number of carbonyl (C=O) groups excluding carboxylic acids is 2. The standard InChI is InChI=1S/C18H16N4O5/c1-18(13-4-3-9-26-13)16(23)22(17(24)19-18)10-14-20-21-15(27-14)11-5-7-12(25-2)8-6-11/h3-9H,10H2,1-2H3,(H,19,24)/t18-/m0/s1. The Bertz CT molecular complexity index is 980. The highest BCUT2D eigenvalue weighted by atomic mass is 16.5. The number of methoxy groups -OCH3 is 1. The number of nitrogens with zero attached hydrogens (tertiary/aromatic N) is 3. The summed E-state index contributed by atoms with van der Waals surface area (Å²) in [7, 11) is 1.58. The van der Waals surface area contributed by atoms with Crippen LogP contribution in [-0.2, 0) is 16.9 Å². The molecule has 1 aromatic carbocycles. The smallest absolute Gasteiger partial charge is 0.325 e. The lowest BCUT2D eigenvalue weighted by molar-refractivity contribution is -0.132. The minimum absolute atomic E-state index is 0.135. The topological polar surface area (TPSA) is 111 Å². The number of imide groups is 1. The SMILES string of the molecule is COc1ccc(-c2nnc(CN3C(=O)N[C@@](C)(c4ccco4)C3=O)o2)cc1. The zero-order valence-corrected chi connectivity index (χ0v) is 14.6. The van der Waals surface area contributed by atoms with Crippen LogP contribution in [-0.4, -0.2) is 34.1 Å². The maximum atomic E-state index is 12.8. The van der Waals surface area contributed by atoms with Gasteiger partial charge in [-0.15, -0.1) is 10.2 Å². The molecule has 0 bridgehead atoms. The van der Waals surface area contributed by atoms with Crippen LogP contribution in [0.5, 0.6) is 5.75 Å². The zero-order valence-electron chi connectivity index (χ0n) is 14.6. The number of hydrogen-bond donors (Lipinski definition) is 1. The van der Waals surface area contributed by atoms with Gasteiger partial charge in [0.1, 0.15) is 18.1 Å². The molecule has 1 aliphatic heterocycles. The van der Waals surface area contributed by atoms with Gasteiger partial charge in [-0.2, -0.15) is 0 Å². The van der Waals surface area contributed by atoms with E-state index in [1.807, 2.05) is 0 Å². The van der Waals surface area contributed by atoms with Gasteiger partial charge in [-0.05, 0) is 43.3 Å². The maximum absolute atomic E-state index is 12.8. The van der Waals surface area contributed by atoms with Crippen molar-refractivity contribution in [1.82, 2.24) is 20.4 Å². The van der Waals surface area contributed by atoms with Gasteiger partial charge < -0.3 is 18.9 Å². The number of ether oxygens (including phenoxy) is 1. The fraction of sp³-hybridized carbons (Fsp3) is 0.222. The van der Waals surface area contributed by atoms with E-state index in [9.17, 15) is 9.59 Å². The molecule has 3 amide bonds. The number of furan rings is 1. The Balaban J connectivity index is 1.53. The largest absolute Gasteiger partial charge is 0.497 e. The number of urea groups is 1. The highest BCUT2D eigenvalue weighted by molar-refractivity contribution is 6.06. The Morgan fingerprint density at radius 2 is 1.96 bits per heavy atom. The molecule has 1 fully saturated rings. The summed E-state index contributed by atoms with van der Waals surface area (Å²) >= 11 is 0. The normalized spacial score (nSPS) is 19.4. The summed E-state index contributed by atoms with van der Waals surface area (Å²) in [4.78, 5) is 26.1. The molecule has 9 heteroatoms. The van der Waals surface area contributed by atoms with Gasteiger partial charge in [0.05, 0.1) is 13.4 Å². The average Bonchev–Trinajstić information content (AvgIpc) is 3.41. The van der Waals surface area contributed by atoms with Crippen molar-refractivity contribution in [2.75, 3.05) is 7.11 Å². The van der Waals surface area contributed by atoms with Crippen molar-refractivity contribution in [3.63, 3.8) is 0 Å². The predicted octanol–water partition coefficient (Wildman–Crippen LogP) is 2.31. The molecular formula is C18H16N4O5. The molecule has 1 atom stereocenters. The molecule has 9 nitrogen and oxygen atoms in total. The first kappa shape index (κ1) is 16.8. The van der Waals surface area contributed by atoms with E-state index in [2.05, 4.69) is 15.5 Å². The van der Waals surface area contributed by atoms with Crippen molar-refractivity contribution in [3.8, 4) is 17.2 Å². The highest BCUT2D eigenvalue weighted by Crippen LogP contribution is 2.30. The van der Waals surface area contributed by atoms with Gasteiger partial charge in [-0.3, -0.25) is 9.69 Å². The monoisotopic (exact) mass is 368 g/mol. The van der Waals surface area contributed by atoms with Gasteiger partial charge in [-0.25, -0.2) is 4.79 Å². The lowest BCUT2D eigenvalue weighted by Gasteiger charge is -2.18. The molecule has 2 aromatic heterocycles. The van der Waals surface area contributed by atoms with Gasteiger partial charge in [0.15, 0.2) is 5.54 Å². The summed E-state index contributed by atoms with van der Waals surface area (Å²) in [5.74, 6) is 1.04. The molecule has 0 aliphatic carbocycles. The van der Waals surface area contributed by atoms with Crippen molar-refractivity contribution >= 4 is 11.9 Å². The maximum Gasteiger partial charge on any atom is 0.325 e. The number of aromatic nitrogens is 2. The van der Waals surface area contributed by atoms with Crippen LogP contribution in [0.4, 0.5) is 4.79 Å². The molecule has 27 heavy (non-hydrogen) atoms. The van der Waals surface area contributed by atoms with Crippen LogP contribution in [0.15, 0.2) is 51.5 Å². The highest BCUT2D eigenvalue weighted by Gasteiger charge is 2.51. The number of nitrogens with one attached hydrogen (secondary N) is 1. The number of amides is 3. The molecule has 3 heterocycles. The number of rotatable bonds is 5. The minimum Gasteiger partial charge on any atom is -0.497 e. The Hall–Kier alpha value is -3.62. The Morgan fingerprint density at radius 1 is 1.19 bits per heavy atom. The molecule has 138 valence electrons. The third kappa shape index (κ3) is 2.82. The van der Waals surface area contributed by atoms with Crippen molar-refractivity contribution in [1.29, 1.82) is 0 Å². The fourth-order valence-corrected chi connectivity index (χ4v) is 2.87. The van der Waals surface area contributed by atoms with E-state index >= 15 is 0 Å². The Morgan fingerprint density at radius 3 is 2.63 bits per heavy atom. The van der Waals surface area contributed by atoms with Crippen LogP contribution in [0, 0.1) is 0 Å². The van der Waals surface area contributed by atoms with Crippen molar-refractivity contribution < 1.29 is 23.2 Å². The molecule has 4 rings (SSSR count). The van der Waals surface area contributed by atoms with E-state index in [1.54, 1.807) is 50.4 Å². The molecule has 0 radical (unpaired) electrons. The van der Waals surface area contributed by atoms with E-state index in [4.69, 9.17) is 13.6 Å². The van der Waals surface area contributed by atoms with Crippen LogP contribution < -0.4 is 10.1 Å². The van der Waals surface area contributed by atoms with Crippen LogP contribution >= 0.6 is 0 Å². The molecular weight excluding hydrogens is 352 g/mol. The van der Waals surface area contributed by atoms with Crippen molar-refractivity contribution in [2.24, 2.45) is 0 Å². The predicted molar refractivity (Wildman–Crippen MR) is 91.4 cm³/mol. The fourth-order valence-electron chi connectivity index (χ4n) is 2.87. The van der Waals surface area contributed by atoms with Crippen molar-refractivity contribution in [3.05, 3.63) is 54.3 Å². The third-order valence-electron chi connectivity index (χ3n) is 4.39. The van der Waals surface area contributed by atoms with Crippen LogP contribution in [0.25, 0.3) is 11.5 Å². The molecule has 1 saturated heterocycles. The first-order chi connectivity index (χ1) is 13.0. The summed E-state index contributed by atoms with van der Waals surface area (Å²) in [6.45, 7) is 1.45. The van der Waals surface area contributed by atoms with Crippen LogP contribution in [0.3, 0.4) is 0 Å². The number of hydrogen-bond acceptors (Lipinski definition) is 7. The van der Waals surface area contributed by atoms with Gasteiger partial charge in [0.2, 0.25) is 11.8 Å². The zero-order chi connectivity index (χ0) is 19.0. The lowest BCUT2D eigenvalue weighted by Crippen LogP contribution is -2.40. The summed E-state index contributed by atoms with van der Waals surface area (Å²) < 4.78 is 16.0. The summed E-state index contributed by atoms with van der Waals surface area (Å²) in [5, 5.41) is 10.6. The van der Waals surface area contributed by atoms with E-state index in [0.717, 1.165) is 4.90 Å². The van der Waals surface area contributed by atoms with Crippen molar-refractivity contribution in [2.45, 2.75) is 19.0 Å². The Labute approximate surface area is 153 Å². The van der Waals surface area contributed by atoms with E-state index in [0.29, 0.717) is 17.1 Å². The first-order valence-corrected chi connectivity index (χ1v) is 8.16. The molecule has 0 spiro atoms. The number of benzene rings is 1. The van der Waals surface area contributed by atoms with Gasteiger partial charge in [0.25, 0.3) is 5.91 Å². The minimum atomic E-state index is -1.26.